The summed E-state index contributed by atoms with van der Waals surface area (Å²) in [4.78, 5) is 13.5. The quantitative estimate of drug-likeness (QED) is 0.403. The highest BCUT2D eigenvalue weighted by Crippen LogP contribution is 2.35. The molecular formula is C27H25FN6O2. The van der Waals surface area contributed by atoms with Gasteiger partial charge in [-0.3, -0.25) is 4.79 Å². The number of allylic oxidation sites excluding steroid dienone is 1. The number of aryl methyl sites for hydroxylation is 2. The van der Waals surface area contributed by atoms with E-state index < -0.39 is 6.04 Å². The van der Waals surface area contributed by atoms with Gasteiger partial charge < -0.3 is 15.4 Å². The van der Waals surface area contributed by atoms with E-state index in [4.69, 9.17) is 4.74 Å². The van der Waals surface area contributed by atoms with Crippen LogP contribution in [0.3, 0.4) is 0 Å². The molecule has 3 aromatic carbocycles. The SMILES string of the molecule is CC1=C(C(=O)Nc2ccc(C)cc2C)[C@@H](c2ccc(OCc3ccc(F)cc3)cc2)n2nnnc2N1. The van der Waals surface area contributed by atoms with E-state index in [0.29, 0.717) is 29.6 Å². The molecule has 5 rings (SSSR count). The molecule has 1 atom stereocenters. The number of tetrazole rings is 1. The van der Waals surface area contributed by atoms with E-state index in [9.17, 15) is 9.18 Å². The molecule has 2 heterocycles. The second-order valence-electron chi connectivity index (χ2n) is 8.77. The summed E-state index contributed by atoms with van der Waals surface area (Å²) < 4.78 is 20.6. The molecule has 0 fully saturated rings. The topological polar surface area (TPSA) is 94.0 Å². The molecule has 0 radical (unpaired) electrons. The molecule has 0 saturated carbocycles. The Hall–Kier alpha value is -4.53. The predicted octanol–water partition coefficient (Wildman–Crippen LogP) is 4.94. The van der Waals surface area contributed by atoms with Crippen molar-refractivity contribution in [3.8, 4) is 5.75 Å². The van der Waals surface area contributed by atoms with Gasteiger partial charge >= 0.3 is 0 Å². The van der Waals surface area contributed by atoms with E-state index in [1.165, 1.54) is 12.1 Å². The van der Waals surface area contributed by atoms with Crippen LogP contribution in [0, 0.1) is 19.7 Å². The van der Waals surface area contributed by atoms with E-state index in [2.05, 4.69) is 26.2 Å². The maximum absolute atomic E-state index is 13.5. The summed E-state index contributed by atoms with van der Waals surface area (Å²) in [6.45, 7) is 6.12. The first-order chi connectivity index (χ1) is 17.4. The Morgan fingerprint density at radius 2 is 1.81 bits per heavy atom. The van der Waals surface area contributed by atoms with Gasteiger partial charge in [-0.1, -0.05) is 47.1 Å². The van der Waals surface area contributed by atoms with Crippen molar-refractivity contribution in [1.82, 2.24) is 20.2 Å². The minimum absolute atomic E-state index is 0.241. The predicted molar refractivity (Wildman–Crippen MR) is 134 cm³/mol. The van der Waals surface area contributed by atoms with Crippen molar-refractivity contribution in [2.75, 3.05) is 10.6 Å². The fraction of sp³-hybridized carbons (Fsp3) is 0.185. The third kappa shape index (κ3) is 4.68. The minimum Gasteiger partial charge on any atom is -0.489 e. The lowest BCUT2D eigenvalue weighted by molar-refractivity contribution is -0.113. The molecule has 1 aliphatic heterocycles. The van der Waals surface area contributed by atoms with Gasteiger partial charge in [0.15, 0.2) is 0 Å². The zero-order chi connectivity index (χ0) is 25.2. The summed E-state index contributed by atoms with van der Waals surface area (Å²) in [5, 5.41) is 18.2. The monoisotopic (exact) mass is 484 g/mol. The minimum atomic E-state index is -0.534. The van der Waals surface area contributed by atoms with Crippen LogP contribution >= 0.6 is 0 Å². The Bertz CT molecular complexity index is 1440. The van der Waals surface area contributed by atoms with Crippen LogP contribution in [0.25, 0.3) is 0 Å². The Morgan fingerprint density at radius 1 is 1.06 bits per heavy atom. The second-order valence-corrected chi connectivity index (χ2v) is 8.77. The number of anilines is 2. The fourth-order valence-electron chi connectivity index (χ4n) is 4.25. The van der Waals surface area contributed by atoms with Crippen molar-refractivity contribution >= 4 is 17.5 Å². The number of benzene rings is 3. The normalized spacial score (nSPS) is 14.7. The lowest BCUT2D eigenvalue weighted by Gasteiger charge is -2.28. The summed E-state index contributed by atoms with van der Waals surface area (Å²) in [5.41, 5.74) is 5.71. The molecule has 4 aromatic rings. The number of halogens is 1. The average molecular weight is 485 g/mol. The summed E-state index contributed by atoms with van der Waals surface area (Å²) in [6, 6.07) is 19.0. The van der Waals surface area contributed by atoms with Gasteiger partial charge in [-0.25, -0.2) is 4.39 Å². The Labute approximate surface area is 207 Å². The Balaban J connectivity index is 1.41. The zero-order valence-corrected chi connectivity index (χ0v) is 20.1. The van der Waals surface area contributed by atoms with E-state index in [1.807, 2.05) is 63.2 Å². The summed E-state index contributed by atoms with van der Waals surface area (Å²) >= 11 is 0. The first-order valence-electron chi connectivity index (χ1n) is 11.5. The molecule has 2 N–H and O–H groups in total. The highest BCUT2D eigenvalue weighted by molar-refractivity contribution is 6.06. The zero-order valence-electron chi connectivity index (χ0n) is 20.1. The number of hydrogen-bond acceptors (Lipinski definition) is 6. The van der Waals surface area contributed by atoms with Crippen LogP contribution in [-0.4, -0.2) is 26.1 Å². The van der Waals surface area contributed by atoms with Crippen LogP contribution in [0.15, 0.2) is 78.0 Å². The van der Waals surface area contributed by atoms with E-state index in [1.54, 1.807) is 16.8 Å². The third-order valence-corrected chi connectivity index (χ3v) is 6.10. The van der Waals surface area contributed by atoms with Crippen LogP contribution in [0.4, 0.5) is 16.0 Å². The van der Waals surface area contributed by atoms with Crippen LogP contribution in [-0.2, 0) is 11.4 Å². The molecule has 8 nitrogen and oxygen atoms in total. The van der Waals surface area contributed by atoms with Gasteiger partial charge in [0.1, 0.15) is 24.2 Å². The number of nitrogens with zero attached hydrogens (tertiary/aromatic N) is 4. The molecular weight excluding hydrogens is 459 g/mol. The van der Waals surface area contributed by atoms with Crippen molar-refractivity contribution in [2.24, 2.45) is 0 Å². The van der Waals surface area contributed by atoms with E-state index in [-0.39, 0.29) is 11.7 Å². The van der Waals surface area contributed by atoms with Crippen LogP contribution in [0.1, 0.15) is 35.2 Å². The number of aromatic nitrogens is 4. The van der Waals surface area contributed by atoms with E-state index >= 15 is 0 Å². The van der Waals surface area contributed by atoms with Gasteiger partial charge in [-0.2, -0.15) is 4.68 Å². The number of fused-ring (bicyclic) bond motifs is 1. The molecule has 1 amide bonds. The molecule has 36 heavy (non-hydrogen) atoms. The first-order valence-corrected chi connectivity index (χ1v) is 11.5. The van der Waals surface area contributed by atoms with Crippen LogP contribution in [0.2, 0.25) is 0 Å². The van der Waals surface area contributed by atoms with Gasteiger partial charge in [0.2, 0.25) is 5.95 Å². The number of ether oxygens (including phenoxy) is 1. The molecule has 9 heteroatoms. The molecule has 0 unspecified atom stereocenters. The van der Waals surface area contributed by atoms with Crippen LogP contribution < -0.4 is 15.4 Å². The number of carbonyl (C=O) groups is 1. The lowest BCUT2D eigenvalue weighted by atomic mass is 9.94. The highest BCUT2D eigenvalue weighted by atomic mass is 19.1. The number of carbonyl (C=O) groups excluding carboxylic acids is 1. The highest BCUT2D eigenvalue weighted by Gasteiger charge is 2.34. The Morgan fingerprint density at radius 3 is 2.53 bits per heavy atom. The molecule has 182 valence electrons. The number of rotatable bonds is 6. The van der Waals surface area contributed by atoms with Gasteiger partial charge in [0.25, 0.3) is 5.91 Å². The number of hydrogen-bond donors (Lipinski definition) is 2. The Kier molecular flexibility index (Phi) is 6.20. The molecule has 0 spiro atoms. The van der Waals surface area contributed by atoms with Gasteiger partial charge in [-0.15, -0.1) is 0 Å². The fourth-order valence-corrected chi connectivity index (χ4v) is 4.25. The van der Waals surface area contributed by atoms with Gasteiger partial charge in [0, 0.05) is 11.4 Å². The number of nitrogens with one attached hydrogen (secondary N) is 2. The smallest absolute Gasteiger partial charge is 0.255 e. The van der Waals surface area contributed by atoms with Gasteiger partial charge in [0.05, 0.1) is 5.57 Å². The largest absolute Gasteiger partial charge is 0.489 e. The molecule has 1 aromatic heterocycles. The molecule has 0 aliphatic carbocycles. The average Bonchev–Trinajstić information content (AvgIpc) is 3.33. The van der Waals surface area contributed by atoms with Crippen LogP contribution in [0.5, 0.6) is 5.75 Å². The van der Waals surface area contributed by atoms with Crippen molar-refractivity contribution in [3.63, 3.8) is 0 Å². The van der Waals surface area contributed by atoms with Crippen molar-refractivity contribution < 1.29 is 13.9 Å². The number of amides is 1. The maximum Gasteiger partial charge on any atom is 0.255 e. The van der Waals surface area contributed by atoms with Crippen molar-refractivity contribution in [3.05, 3.63) is 106 Å². The molecule has 0 saturated heterocycles. The second kappa shape index (κ2) is 9.61. The molecule has 1 aliphatic rings. The first kappa shape index (κ1) is 23.2. The molecule has 0 bridgehead atoms. The maximum atomic E-state index is 13.5. The summed E-state index contributed by atoms with van der Waals surface area (Å²) in [5.74, 6) is 0.579. The summed E-state index contributed by atoms with van der Waals surface area (Å²) in [7, 11) is 0. The lowest BCUT2D eigenvalue weighted by Crippen LogP contribution is -2.31. The van der Waals surface area contributed by atoms with Gasteiger partial charge in [-0.05, 0) is 78.2 Å². The van der Waals surface area contributed by atoms with E-state index in [0.717, 1.165) is 27.9 Å². The van der Waals surface area contributed by atoms with Crippen molar-refractivity contribution in [1.29, 1.82) is 0 Å². The van der Waals surface area contributed by atoms with Crippen molar-refractivity contribution in [2.45, 2.75) is 33.4 Å². The third-order valence-electron chi connectivity index (χ3n) is 6.10. The summed E-state index contributed by atoms with van der Waals surface area (Å²) in [6.07, 6.45) is 0. The standard InChI is InChI=1S/C27H25FN6O2/c1-16-4-13-23(17(2)14-16)30-26(35)24-18(3)29-27-31-32-33-34(27)25(24)20-7-11-22(12-8-20)36-15-19-5-9-21(28)10-6-19/h4-14,25H,15H2,1-3H3,(H,30,35)(H,29,31,33)/t25-/m1/s1.